The number of carboxylic acid groups (broad SMARTS) is 1. The molecule has 0 unspecified atom stereocenters. The van der Waals surface area contributed by atoms with Gasteiger partial charge in [-0.1, -0.05) is 0 Å². The van der Waals surface area contributed by atoms with Crippen LogP contribution >= 0.6 is 12.4 Å². The molecule has 0 amide bonds. The summed E-state index contributed by atoms with van der Waals surface area (Å²) in [5, 5.41) is 7.87. The molecule has 0 spiro atoms. The fourth-order valence-electron chi connectivity index (χ4n) is 0. The van der Waals surface area contributed by atoms with Gasteiger partial charge in [0.25, 0.3) is 0 Å². The van der Waals surface area contributed by atoms with E-state index in [1.165, 1.54) is 6.92 Å². The van der Waals surface area contributed by atoms with Gasteiger partial charge in [0.2, 0.25) is 0 Å². The zero-order valence-corrected chi connectivity index (χ0v) is 5.23. The number of carbonyl (C=O) groups is 1. The Morgan fingerprint density at radius 3 is 1.88 bits per heavy atom. The van der Waals surface area contributed by atoms with Crippen LogP contribution in [0.15, 0.2) is 0 Å². The summed E-state index contributed by atoms with van der Waals surface area (Å²) in [6, 6.07) is -0.731. The van der Waals surface area contributed by atoms with Crippen LogP contribution in [0.25, 0.3) is 0 Å². The zero-order valence-electron chi connectivity index (χ0n) is 4.42. The summed E-state index contributed by atoms with van der Waals surface area (Å²) in [5.74, 6) is -0.963. The maximum atomic E-state index is 9.57. The van der Waals surface area contributed by atoms with E-state index in [4.69, 9.17) is 10.8 Å². The van der Waals surface area contributed by atoms with Gasteiger partial charge in [0.05, 0.1) is 0 Å². The number of aliphatic carboxylic acids is 1. The summed E-state index contributed by atoms with van der Waals surface area (Å²) in [5.41, 5.74) is 4.84. The van der Waals surface area contributed by atoms with Crippen molar-refractivity contribution in [3.8, 4) is 0 Å². The van der Waals surface area contributed by atoms with Crippen molar-refractivity contribution >= 4 is 18.4 Å². The number of halogens is 1. The molecule has 8 heavy (non-hydrogen) atoms. The highest BCUT2D eigenvalue weighted by Gasteiger charge is 1.99. The number of hydrogen-bond acceptors (Lipinski definition) is 2. The van der Waals surface area contributed by atoms with Crippen LogP contribution in [0.3, 0.4) is 0 Å². The summed E-state index contributed by atoms with van der Waals surface area (Å²) < 4.78 is 0. The first-order valence-electron chi connectivity index (χ1n) is 1.63. The third-order valence-electron chi connectivity index (χ3n) is 0.390. The van der Waals surface area contributed by atoms with Gasteiger partial charge in [0.15, 0.2) is 0 Å². The van der Waals surface area contributed by atoms with Crippen LogP contribution in [0.1, 0.15) is 6.92 Å². The summed E-state index contributed by atoms with van der Waals surface area (Å²) >= 11 is 0. The van der Waals surface area contributed by atoms with E-state index < -0.39 is 12.0 Å². The highest BCUT2D eigenvalue weighted by atomic mass is 35.5. The van der Waals surface area contributed by atoms with Gasteiger partial charge in [-0.2, -0.15) is 0 Å². The van der Waals surface area contributed by atoms with E-state index in [-0.39, 0.29) is 17.9 Å². The average Bonchev–Trinajstić information content (AvgIpc) is 1.36. The highest BCUT2D eigenvalue weighted by Crippen LogP contribution is 1.68. The van der Waals surface area contributed by atoms with Gasteiger partial charge in [0.1, 0.15) is 6.04 Å². The summed E-state index contributed by atoms with van der Waals surface area (Å²) in [6.07, 6.45) is 0. The first-order chi connectivity index (χ1) is 2.64. The molecule has 0 saturated heterocycles. The molecule has 0 aromatic carbocycles. The topological polar surface area (TPSA) is 94.8 Å². The van der Waals surface area contributed by atoms with Crippen molar-refractivity contribution in [2.75, 3.05) is 0 Å². The molecule has 5 N–H and O–H groups in total. The largest absolute Gasteiger partial charge is 0.480 e. The first-order valence-corrected chi connectivity index (χ1v) is 1.63. The molecule has 0 aromatic heterocycles. The molecule has 0 aliphatic heterocycles. The molecule has 4 nitrogen and oxygen atoms in total. The van der Waals surface area contributed by atoms with Crippen LogP contribution in [-0.2, 0) is 4.79 Å². The van der Waals surface area contributed by atoms with E-state index in [9.17, 15) is 4.79 Å². The molecule has 0 rings (SSSR count). The minimum absolute atomic E-state index is 0. The monoisotopic (exact) mass is 143 g/mol. The number of nitrogens with two attached hydrogens (primary N) is 1. The molecule has 0 aliphatic rings. The lowest BCUT2D eigenvalue weighted by atomic mass is 10.4. The lowest BCUT2D eigenvalue weighted by Crippen LogP contribution is -2.25. The van der Waals surface area contributed by atoms with Crippen molar-refractivity contribution in [2.45, 2.75) is 13.0 Å². The van der Waals surface area contributed by atoms with Crippen LogP contribution in [0.5, 0.6) is 0 Å². The Balaban J connectivity index is -0.000000125. The molecule has 0 fully saturated rings. The molecular formula is C3H10ClNO3. The zero-order chi connectivity index (χ0) is 5.15. The maximum absolute atomic E-state index is 9.57. The van der Waals surface area contributed by atoms with E-state index in [2.05, 4.69) is 0 Å². The van der Waals surface area contributed by atoms with Gasteiger partial charge in [-0.15, -0.1) is 12.4 Å². The maximum Gasteiger partial charge on any atom is 0.320 e. The molecular weight excluding hydrogens is 133 g/mol. The third-order valence-corrected chi connectivity index (χ3v) is 0.390. The second kappa shape index (κ2) is 6.68. The molecule has 0 aliphatic carbocycles. The minimum Gasteiger partial charge on any atom is -0.480 e. The fourth-order valence-corrected chi connectivity index (χ4v) is 0. The smallest absolute Gasteiger partial charge is 0.320 e. The Hall–Kier alpha value is -0.320. The Bertz CT molecular complexity index is 65.5. The average molecular weight is 144 g/mol. The molecule has 0 heterocycles. The Labute approximate surface area is 53.4 Å². The number of rotatable bonds is 1. The van der Waals surface area contributed by atoms with Crippen molar-refractivity contribution in [3.05, 3.63) is 0 Å². The normalized spacial score (nSPS) is 10.2. The SMILES string of the molecule is C[C@H](N)C(=O)O.Cl.O. The van der Waals surface area contributed by atoms with Crippen LogP contribution in [-0.4, -0.2) is 22.6 Å². The predicted molar refractivity (Wildman–Crippen MR) is 32.1 cm³/mol. The Morgan fingerprint density at radius 1 is 1.75 bits per heavy atom. The van der Waals surface area contributed by atoms with Crippen LogP contribution < -0.4 is 5.73 Å². The Morgan fingerprint density at radius 2 is 1.88 bits per heavy atom. The van der Waals surface area contributed by atoms with E-state index >= 15 is 0 Å². The second-order valence-corrected chi connectivity index (χ2v) is 1.13. The van der Waals surface area contributed by atoms with E-state index in [0.29, 0.717) is 0 Å². The highest BCUT2D eigenvalue weighted by molar-refractivity contribution is 5.85. The third kappa shape index (κ3) is 9.19. The van der Waals surface area contributed by atoms with Crippen molar-refractivity contribution in [1.29, 1.82) is 0 Å². The fraction of sp³-hybridized carbons (Fsp3) is 0.667. The lowest BCUT2D eigenvalue weighted by molar-refractivity contribution is -0.138. The van der Waals surface area contributed by atoms with Gasteiger partial charge in [-0.25, -0.2) is 0 Å². The molecule has 1 atom stereocenters. The predicted octanol–water partition coefficient (Wildman–Crippen LogP) is -0.985. The molecule has 5 heteroatoms. The summed E-state index contributed by atoms with van der Waals surface area (Å²) in [6.45, 7) is 1.42. The standard InChI is InChI=1S/C3H7NO2.ClH.H2O/c1-2(4)3(5)6;;/h2H,4H2,1H3,(H,5,6);1H;1H2/t2-;;/m0../s1. The van der Waals surface area contributed by atoms with Gasteiger partial charge >= 0.3 is 5.97 Å². The number of carboxylic acids is 1. The quantitative estimate of drug-likeness (QED) is 0.494. The van der Waals surface area contributed by atoms with Crippen molar-refractivity contribution in [1.82, 2.24) is 0 Å². The first kappa shape index (κ1) is 15.6. The van der Waals surface area contributed by atoms with Crippen LogP contribution in [0.4, 0.5) is 0 Å². The van der Waals surface area contributed by atoms with Crippen molar-refractivity contribution in [2.24, 2.45) is 5.73 Å². The summed E-state index contributed by atoms with van der Waals surface area (Å²) in [4.78, 5) is 9.57. The molecule has 0 saturated carbocycles. The molecule has 0 bridgehead atoms. The second-order valence-electron chi connectivity index (χ2n) is 1.13. The van der Waals surface area contributed by atoms with Gasteiger partial charge in [-0.05, 0) is 6.92 Å². The van der Waals surface area contributed by atoms with E-state index in [1.54, 1.807) is 0 Å². The van der Waals surface area contributed by atoms with Crippen LogP contribution in [0.2, 0.25) is 0 Å². The van der Waals surface area contributed by atoms with E-state index in [0.717, 1.165) is 0 Å². The number of hydrogen-bond donors (Lipinski definition) is 2. The van der Waals surface area contributed by atoms with Gasteiger partial charge < -0.3 is 16.3 Å². The van der Waals surface area contributed by atoms with Gasteiger partial charge in [-0.3, -0.25) is 4.79 Å². The van der Waals surface area contributed by atoms with Crippen molar-refractivity contribution < 1.29 is 15.4 Å². The molecule has 52 valence electrons. The Kier molecular flexibility index (Phi) is 13.1. The molecule has 0 aromatic rings. The van der Waals surface area contributed by atoms with Crippen molar-refractivity contribution in [3.63, 3.8) is 0 Å². The van der Waals surface area contributed by atoms with Crippen LogP contribution in [0, 0.1) is 0 Å². The summed E-state index contributed by atoms with van der Waals surface area (Å²) in [7, 11) is 0. The van der Waals surface area contributed by atoms with Gasteiger partial charge in [0, 0.05) is 0 Å². The lowest BCUT2D eigenvalue weighted by Gasteiger charge is -1.90. The minimum atomic E-state index is -0.963. The van der Waals surface area contributed by atoms with E-state index in [1.807, 2.05) is 0 Å². The molecule has 0 radical (unpaired) electrons.